The highest BCUT2D eigenvalue weighted by Gasteiger charge is 2.12. The minimum absolute atomic E-state index is 0.254. The van der Waals surface area contributed by atoms with Gasteiger partial charge in [-0.3, -0.25) is 4.79 Å². The highest BCUT2D eigenvalue weighted by molar-refractivity contribution is 6.07. The second kappa shape index (κ2) is 8.93. The van der Waals surface area contributed by atoms with Gasteiger partial charge in [0.2, 0.25) is 0 Å². The van der Waals surface area contributed by atoms with E-state index in [0.29, 0.717) is 5.56 Å². The van der Waals surface area contributed by atoms with Crippen LogP contribution in [0, 0.1) is 6.92 Å². The molecule has 1 N–H and O–H groups in total. The van der Waals surface area contributed by atoms with Gasteiger partial charge in [-0.1, -0.05) is 78.4 Å². The zero-order valence-electron chi connectivity index (χ0n) is 18.1. The lowest BCUT2D eigenvalue weighted by Gasteiger charge is -2.04. The molecule has 0 radical (unpaired) electrons. The maximum absolute atomic E-state index is 12.8. The molecule has 5 rings (SSSR count). The van der Waals surface area contributed by atoms with Crippen LogP contribution in [0.25, 0.3) is 27.7 Å². The first-order chi connectivity index (χ1) is 16.2. The number of rotatable bonds is 5. The van der Waals surface area contributed by atoms with Crippen LogP contribution in [0.1, 0.15) is 21.5 Å². The van der Waals surface area contributed by atoms with Crippen LogP contribution in [0.15, 0.2) is 108 Å². The van der Waals surface area contributed by atoms with Crippen molar-refractivity contribution in [3.05, 3.63) is 120 Å². The second-order valence-corrected chi connectivity index (χ2v) is 7.81. The van der Waals surface area contributed by atoms with Crippen molar-refractivity contribution in [1.29, 1.82) is 0 Å². The lowest BCUT2D eigenvalue weighted by atomic mass is 10.0. The summed E-state index contributed by atoms with van der Waals surface area (Å²) in [7, 11) is 0. The van der Waals surface area contributed by atoms with E-state index in [1.54, 1.807) is 12.3 Å². The molecule has 1 heterocycles. The lowest BCUT2D eigenvalue weighted by molar-refractivity contribution is 0.0957. The summed E-state index contributed by atoms with van der Waals surface area (Å²) in [6, 6.07) is 31.6. The molecule has 0 saturated carbocycles. The van der Waals surface area contributed by atoms with Crippen LogP contribution in [0.4, 0.5) is 0 Å². The van der Waals surface area contributed by atoms with Gasteiger partial charge in [0.15, 0.2) is 0 Å². The lowest BCUT2D eigenvalue weighted by Crippen LogP contribution is -2.17. The molecular formula is C28H22N4O. The molecule has 5 heteroatoms. The van der Waals surface area contributed by atoms with Gasteiger partial charge < -0.3 is 0 Å². The number of para-hydroxylation sites is 1. The monoisotopic (exact) mass is 430 g/mol. The largest absolute Gasteiger partial charge is 0.271 e. The molecular weight excluding hydrogens is 408 g/mol. The molecule has 0 fully saturated rings. The Morgan fingerprint density at radius 3 is 2.52 bits per heavy atom. The zero-order valence-corrected chi connectivity index (χ0v) is 18.1. The summed E-state index contributed by atoms with van der Waals surface area (Å²) < 4.78 is 1.82. The number of hydrazone groups is 1. The van der Waals surface area contributed by atoms with E-state index in [4.69, 9.17) is 5.10 Å². The first-order valence-corrected chi connectivity index (χ1v) is 10.7. The smallest absolute Gasteiger partial charge is 0.267 e. The molecule has 0 aliphatic rings. The van der Waals surface area contributed by atoms with Crippen LogP contribution < -0.4 is 5.43 Å². The Balaban J connectivity index is 1.47. The van der Waals surface area contributed by atoms with Gasteiger partial charge in [0.25, 0.3) is 5.91 Å². The third-order valence-electron chi connectivity index (χ3n) is 5.46. The topological polar surface area (TPSA) is 59.3 Å². The number of nitrogens with one attached hydrogen (secondary N) is 1. The number of benzene rings is 4. The number of aryl methyl sites for hydroxylation is 1. The number of nitrogens with zero attached hydrogens (tertiary/aromatic N) is 3. The Morgan fingerprint density at radius 2 is 1.67 bits per heavy atom. The molecule has 0 unspecified atom stereocenters. The number of aromatic nitrogens is 2. The number of hydrogen-bond acceptors (Lipinski definition) is 3. The highest BCUT2D eigenvalue weighted by atomic mass is 16.2. The third kappa shape index (κ3) is 4.29. The Hall–Kier alpha value is -4.51. The maximum Gasteiger partial charge on any atom is 0.271 e. The van der Waals surface area contributed by atoms with Gasteiger partial charge in [-0.2, -0.15) is 10.2 Å². The predicted octanol–water partition coefficient (Wildman–Crippen LogP) is 5.76. The fourth-order valence-electron chi connectivity index (χ4n) is 3.86. The van der Waals surface area contributed by atoms with E-state index < -0.39 is 0 Å². The molecule has 1 amide bonds. The average Bonchev–Trinajstić information content (AvgIpc) is 3.28. The van der Waals surface area contributed by atoms with Gasteiger partial charge in [0, 0.05) is 22.9 Å². The summed E-state index contributed by atoms with van der Waals surface area (Å²) >= 11 is 0. The van der Waals surface area contributed by atoms with Gasteiger partial charge >= 0.3 is 0 Å². The van der Waals surface area contributed by atoms with Crippen LogP contribution in [0.5, 0.6) is 0 Å². The number of carbonyl (C=O) groups is 1. The van der Waals surface area contributed by atoms with E-state index >= 15 is 0 Å². The Bertz CT molecular complexity index is 1460. The van der Waals surface area contributed by atoms with Crippen molar-refractivity contribution in [2.45, 2.75) is 6.92 Å². The first kappa shape index (κ1) is 20.4. The first-order valence-electron chi connectivity index (χ1n) is 10.7. The Kier molecular flexibility index (Phi) is 5.52. The van der Waals surface area contributed by atoms with Crippen LogP contribution in [0.2, 0.25) is 0 Å². The number of hydrogen-bond donors (Lipinski definition) is 1. The second-order valence-electron chi connectivity index (χ2n) is 7.81. The number of carbonyl (C=O) groups excluding carboxylic acids is 1. The quantitative estimate of drug-likeness (QED) is 0.284. The van der Waals surface area contributed by atoms with Gasteiger partial charge in [0.05, 0.1) is 11.9 Å². The average molecular weight is 431 g/mol. The molecule has 0 aliphatic heterocycles. The van der Waals surface area contributed by atoms with Crippen LogP contribution in [-0.2, 0) is 0 Å². The van der Waals surface area contributed by atoms with Gasteiger partial charge in [-0.05, 0) is 42.0 Å². The molecule has 5 aromatic rings. The molecule has 5 nitrogen and oxygen atoms in total. The standard InChI is InChI=1S/C28H22N4O/c1-20-9-7-12-22(17-20)27-23(19-32(31-27)24-13-3-2-4-14-24)18-29-30-28(33)26-16-8-11-21-10-5-6-15-25(21)26/h2-19H,1H3,(H,30,33)/b29-18-. The van der Waals surface area contributed by atoms with Crippen molar-refractivity contribution >= 4 is 22.9 Å². The van der Waals surface area contributed by atoms with E-state index in [1.807, 2.05) is 89.7 Å². The summed E-state index contributed by atoms with van der Waals surface area (Å²) in [5, 5.41) is 11.0. The molecule has 0 spiro atoms. The van der Waals surface area contributed by atoms with Crippen molar-refractivity contribution in [2.24, 2.45) is 5.10 Å². The maximum atomic E-state index is 12.8. The highest BCUT2D eigenvalue weighted by Crippen LogP contribution is 2.24. The molecule has 0 aliphatic carbocycles. The van der Waals surface area contributed by atoms with Crippen LogP contribution >= 0.6 is 0 Å². The van der Waals surface area contributed by atoms with Crippen molar-refractivity contribution in [3.8, 4) is 16.9 Å². The van der Waals surface area contributed by atoms with Crippen LogP contribution in [-0.4, -0.2) is 21.9 Å². The van der Waals surface area contributed by atoms with Crippen LogP contribution in [0.3, 0.4) is 0 Å². The SMILES string of the molecule is Cc1cccc(-c2nn(-c3ccccc3)cc2/C=N\NC(=O)c2cccc3ccccc23)c1. The normalized spacial score (nSPS) is 11.2. The van der Waals surface area contributed by atoms with Crippen molar-refractivity contribution in [2.75, 3.05) is 0 Å². The third-order valence-corrected chi connectivity index (χ3v) is 5.46. The molecule has 4 aromatic carbocycles. The molecule has 1 aromatic heterocycles. The summed E-state index contributed by atoms with van der Waals surface area (Å²) in [5.74, 6) is -0.254. The van der Waals surface area contributed by atoms with E-state index in [1.165, 1.54) is 0 Å². The van der Waals surface area contributed by atoms with Gasteiger partial charge in [-0.25, -0.2) is 10.1 Å². The van der Waals surface area contributed by atoms with E-state index in [-0.39, 0.29) is 5.91 Å². The van der Waals surface area contributed by atoms with Crippen molar-refractivity contribution in [1.82, 2.24) is 15.2 Å². The molecule has 0 atom stereocenters. The van der Waals surface area contributed by atoms with Crippen molar-refractivity contribution < 1.29 is 4.79 Å². The van der Waals surface area contributed by atoms with Gasteiger partial charge in [-0.15, -0.1) is 0 Å². The molecule has 160 valence electrons. The predicted molar refractivity (Wildman–Crippen MR) is 133 cm³/mol. The van der Waals surface area contributed by atoms with E-state index in [2.05, 4.69) is 29.6 Å². The van der Waals surface area contributed by atoms with E-state index in [9.17, 15) is 4.79 Å². The zero-order chi connectivity index (χ0) is 22.6. The fraction of sp³-hybridized carbons (Fsp3) is 0.0357. The van der Waals surface area contributed by atoms with Gasteiger partial charge in [0.1, 0.15) is 5.69 Å². The molecule has 33 heavy (non-hydrogen) atoms. The van der Waals surface area contributed by atoms with E-state index in [0.717, 1.165) is 38.8 Å². The summed E-state index contributed by atoms with van der Waals surface area (Å²) in [5.41, 5.74) is 7.95. The minimum Gasteiger partial charge on any atom is -0.267 e. The number of amides is 1. The summed E-state index contributed by atoms with van der Waals surface area (Å²) in [6.07, 6.45) is 3.56. The fourth-order valence-corrected chi connectivity index (χ4v) is 3.86. The summed E-state index contributed by atoms with van der Waals surface area (Å²) in [6.45, 7) is 2.05. The Morgan fingerprint density at radius 1 is 0.909 bits per heavy atom. The number of fused-ring (bicyclic) bond motifs is 1. The van der Waals surface area contributed by atoms with Crippen molar-refractivity contribution in [3.63, 3.8) is 0 Å². The summed E-state index contributed by atoms with van der Waals surface area (Å²) in [4.78, 5) is 12.8. The molecule has 0 bridgehead atoms. The molecule has 0 saturated heterocycles. The minimum atomic E-state index is -0.254. The Labute approximate surface area is 192 Å².